The summed E-state index contributed by atoms with van der Waals surface area (Å²) in [5.74, 6) is -1.18. The lowest BCUT2D eigenvalue weighted by atomic mass is 10.1. The minimum atomic E-state index is -0.508. The predicted octanol–water partition coefficient (Wildman–Crippen LogP) is 3.56. The van der Waals surface area contributed by atoms with Crippen LogP contribution in [0, 0.1) is 5.82 Å². The zero-order chi connectivity index (χ0) is 21.5. The number of ether oxygens (including phenoxy) is 1. The predicted molar refractivity (Wildman–Crippen MR) is 111 cm³/mol. The molecule has 0 spiro atoms. The third-order valence-corrected chi connectivity index (χ3v) is 4.11. The summed E-state index contributed by atoms with van der Waals surface area (Å²) >= 11 is 0. The van der Waals surface area contributed by atoms with Crippen LogP contribution in [0.25, 0.3) is 0 Å². The number of nitrogens with zero attached hydrogens (tertiary/aromatic N) is 1. The Morgan fingerprint density at radius 1 is 1.00 bits per heavy atom. The second-order valence-corrected chi connectivity index (χ2v) is 6.14. The summed E-state index contributed by atoms with van der Waals surface area (Å²) in [6, 6.07) is 16.3. The molecule has 0 radical (unpaired) electrons. The monoisotopic (exact) mass is 407 g/mol. The van der Waals surface area contributed by atoms with Crippen molar-refractivity contribution in [1.82, 2.24) is 5.43 Å². The Bertz CT molecular complexity index is 1100. The van der Waals surface area contributed by atoms with E-state index in [2.05, 4.69) is 15.8 Å². The zero-order valence-electron chi connectivity index (χ0n) is 15.9. The van der Waals surface area contributed by atoms with Crippen molar-refractivity contribution in [1.29, 1.82) is 0 Å². The van der Waals surface area contributed by atoms with Gasteiger partial charge in [0.05, 0.1) is 13.3 Å². The first-order valence-corrected chi connectivity index (χ1v) is 8.84. The quantitative estimate of drug-likeness (QED) is 0.430. The number of amides is 2. The number of methoxy groups -OCH3 is 1. The second-order valence-electron chi connectivity index (χ2n) is 6.14. The number of hydrazone groups is 1. The summed E-state index contributed by atoms with van der Waals surface area (Å²) < 4.78 is 18.0. The van der Waals surface area contributed by atoms with Gasteiger partial charge in [0.15, 0.2) is 11.5 Å². The Labute approximate surface area is 171 Å². The molecular weight excluding hydrogens is 389 g/mol. The Morgan fingerprint density at radius 3 is 2.47 bits per heavy atom. The maximum Gasteiger partial charge on any atom is 0.271 e. The van der Waals surface area contributed by atoms with Gasteiger partial charge in [0.25, 0.3) is 11.8 Å². The molecule has 3 N–H and O–H groups in total. The molecule has 0 heterocycles. The fraction of sp³-hybridized carbons (Fsp3) is 0.0455. The molecule has 0 aliphatic carbocycles. The van der Waals surface area contributed by atoms with Gasteiger partial charge in [-0.2, -0.15) is 5.10 Å². The number of nitrogens with one attached hydrogen (secondary N) is 2. The molecule has 3 rings (SSSR count). The van der Waals surface area contributed by atoms with E-state index in [9.17, 15) is 19.1 Å². The number of carbonyl (C=O) groups excluding carboxylic acids is 2. The summed E-state index contributed by atoms with van der Waals surface area (Å²) in [7, 11) is 1.43. The van der Waals surface area contributed by atoms with Crippen LogP contribution >= 0.6 is 0 Å². The first-order chi connectivity index (χ1) is 14.5. The van der Waals surface area contributed by atoms with Crippen LogP contribution in [0.3, 0.4) is 0 Å². The van der Waals surface area contributed by atoms with Crippen LogP contribution in [-0.4, -0.2) is 30.2 Å². The van der Waals surface area contributed by atoms with Crippen LogP contribution < -0.4 is 15.5 Å². The smallest absolute Gasteiger partial charge is 0.271 e. The standard InChI is InChI=1S/C22H18FN3O4/c1-30-19-7-3-5-16(20(19)27)13-24-26-22(29)15-4-2-6-18(12-15)25-21(28)14-8-10-17(23)11-9-14/h2-13,27H,1H3,(H,25,28)(H,26,29). The molecule has 0 saturated heterocycles. The van der Waals surface area contributed by atoms with E-state index in [0.717, 1.165) is 0 Å². The van der Waals surface area contributed by atoms with E-state index in [1.54, 1.807) is 36.4 Å². The number of hydrogen-bond acceptors (Lipinski definition) is 5. The lowest BCUT2D eigenvalue weighted by molar-refractivity contribution is 0.0953. The van der Waals surface area contributed by atoms with Crippen molar-refractivity contribution >= 4 is 23.7 Å². The van der Waals surface area contributed by atoms with Gasteiger partial charge in [-0.05, 0) is 54.6 Å². The summed E-state index contributed by atoms with van der Waals surface area (Å²) in [4.78, 5) is 24.6. The van der Waals surface area contributed by atoms with Crippen molar-refractivity contribution in [3.05, 3.63) is 89.2 Å². The van der Waals surface area contributed by atoms with Gasteiger partial charge >= 0.3 is 0 Å². The molecule has 30 heavy (non-hydrogen) atoms. The van der Waals surface area contributed by atoms with E-state index in [4.69, 9.17) is 4.74 Å². The Kier molecular flexibility index (Phi) is 6.39. The molecule has 0 atom stereocenters. The third-order valence-electron chi connectivity index (χ3n) is 4.11. The van der Waals surface area contributed by atoms with Gasteiger partial charge in [-0.25, -0.2) is 9.82 Å². The molecule has 152 valence electrons. The Morgan fingerprint density at radius 2 is 1.73 bits per heavy atom. The van der Waals surface area contributed by atoms with Crippen LogP contribution in [0.2, 0.25) is 0 Å². The largest absolute Gasteiger partial charge is 0.504 e. The number of aromatic hydroxyl groups is 1. The van der Waals surface area contributed by atoms with Gasteiger partial charge in [-0.15, -0.1) is 0 Å². The molecule has 0 saturated carbocycles. The van der Waals surface area contributed by atoms with Crippen molar-refractivity contribution in [3.63, 3.8) is 0 Å². The molecule has 0 fully saturated rings. The number of benzene rings is 3. The summed E-state index contributed by atoms with van der Waals surface area (Å²) in [6.07, 6.45) is 1.29. The van der Waals surface area contributed by atoms with E-state index in [1.807, 2.05) is 0 Å². The fourth-order valence-electron chi connectivity index (χ4n) is 2.58. The SMILES string of the molecule is COc1cccc(C=NNC(=O)c2cccc(NC(=O)c3ccc(F)cc3)c2)c1O. The van der Waals surface area contributed by atoms with Crippen molar-refractivity contribution in [2.75, 3.05) is 12.4 Å². The van der Waals surface area contributed by atoms with Gasteiger partial charge < -0.3 is 15.2 Å². The first kappa shape index (κ1) is 20.5. The molecular formula is C22H18FN3O4. The van der Waals surface area contributed by atoms with E-state index >= 15 is 0 Å². The number of para-hydroxylation sites is 1. The first-order valence-electron chi connectivity index (χ1n) is 8.84. The van der Waals surface area contributed by atoms with Crippen LogP contribution in [-0.2, 0) is 0 Å². The van der Waals surface area contributed by atoms with Crippen molar-refractivity contribution in [3.8, 4) is 11.5 Å². The lowest BCUT2D eigenvalue weighted by Gasteiger charge is -2.07. The normalized spacial score (nSPS) is 10.6. The minimum Gasteiger partial charge on any atom is -0.504 e. The van der Waals surface area contributed by atoms with Crippen LogP contribution in [0.4, 0.5) is 10.1 Å². The second kappa shape index (κ2) is 9.33. The average Bonchev–Trinajstić information content (AvgIpc) is 2.75. The number of anilines is 1. The molecule has 2 amide bonds. The van der Waals surface area contributed by atoms with Crippen LogP contribution in [0.5, 0.6) is 11.5 Å². The molecule has 0 bridgehead atoms. The maximum absolute atomic E-state index is 13.0. The molecule has 0 unspecified atom stereocenters. The molecule has 3 aromatic rings. The highest BCUT2D eigenvalue weighted by molar-refractivity contribution is 6.05. The summed E-state index contributed by atoms with van der Waals surface area (Å²) in [6.45, 7) is 0. The Balaban J connectivity index is 1.66. The topological polar surface area (TPSA) is 100 Å². The molecule has 0 aliphatic rings. The van der Waals surface area contributed by atoms with Gasteiger partial charge in [0.2, 0.25) is 0 Å². The van der Waals surface area contributed by atoms with Crippen LogP contribution in [0.15, 0.2) is 71.8 Å². The summed E-state index contributed by atoms with van der Waals surface area (Å²) in [5, 5.41) is 16.5. The van der Waals surface area contributed by atoms with Gasteiger partial charge in [0.1, 0.15) is 5.82 Å². The molecule has 7 nitrogen and oxygen atoms in total. The highest BCUT2D eigenvalue weighted by Gasteiger charge is 2.10. The highest BCUT2D eigenvalue weighted by atomic mass is 19.1. The number of halogens is 1. The number of hydrogen-bond donors (Lipinski definition) is 3. The Hall–Kier alpha value is -4.20. The highest BCUT2D eigenvalue weighted by Crippen LogP contribution is 2.27. The number of carbonyl (C=O) groups is 2. The number of phenols is 1. The van der Waals surface area contributed by atoms with Crippen molar-refractivity contribution in [2.45, 2.75) is 0 Å². The lowest BCUT2D eigenvalue weighted by Crippen LogP contribution is -2.18. The molecule has 0 aromatic heterocycles. The molecule has 3 aromatic carbocycles. The number of rotatable bonds is 6. The maximum atomic E-state index is 13.0. The minimum absolute atomic E-state index is 0.0940. The molecule has 8 heteroatoms. The third kappa shape index (κ3) is 4.99. The van der Waals surface area contributed by atoms with E-state index < -0.39 is 17.6 Å². The van der Waals surface area contributed by atoms with Crippen molar-refractivity contribution in [2.24, 2.45) is 5.10 Å². The van der Waals surface area contributed by atoms with Gasteiger partial charge in [-0.3, -0.25) is 9.59 Å². The molecule has 0 aliphatic heterocycles. The summed E-state index contributed by atoms with van der Waals surface area (Å²) in [5.41, 5.74) is 3.67. The number of phenolic OH excluding ortho intramolecular Hbond substituents is 1. The van der Waals surface area contributed by atoms with Crippen molar-refractivity contribution < 1.29 is 23.8 Å². The zero-order valence-corrected chi connectivity index (χ0v) is 15.9. The van der Waals surface area contributed by atoms with Crippen LogP contribution in [0.1, 0.15) is 26.3 Å². The van der Waals surface area contributed by atoms with E-state index in [0.29, 0.717) is 11.3 Å². The van der Waals surface area contributed by atoms with Gasteiger partial charge in [0, 0.05) is 22.4 Å². The van der Waals surface area contributed by atoms with Gasteiger partial charge in [-0.1, -0.05) is 12.1 Å². The van der Waals surface area contributed by atoms with E-state index in [1.165, 1.54) is 43.7 Å². The van der Waals surface area contributed by atoms with E-state index in [-0.39, 0.29) is 22.6 Å². The fourth-order valence-corrected chi connectivity index (χ4v) is 2.58. The average molecular weight is 407 g/mol.